The Hall–Kier alpha value is -2.78. The molecule has 3 aromatic carbocycles. The minimum atomic E-state index is 0.336. The Labute approximate surface area is 176 Å². The van der Waals surface area contributed by atoms with Crippen LogP contribution in [0.3, 0.4) is 0 Å². The lowest BCUT2D eigenvalue weighted by molar-refractivity contribution is 0.130. The molecule has 0 N–H and O–H groups in total. The molecule has 0 bridgehead atoms. The average molecular weight is 406 g/mol. The number of nitrogens with zero attached hydrogens (tertiary/aromatic N) is 1. The standard InChI is InChI=1S/C25H24ClNO2/c1-17-3-5-18(6-4-17)16-29-27-25(20-9-13-22(28-2)14-10-20)24-15-23(24)19-7-11-21(26)12-8-19/h3-14,23-24H,15-16H2,1-2H3/b27-25-/t23-,24+/m0/s1. The Balaban J connectivity index is 1.53. The van der Waals surface area contributed by atoms with Crippen LogP contribution in [0.25, 0.3) is 0 Å². The molecule has 0 aromatic heterocycles. The van der Waals surface area contributed by atoms with Crippen molar-refractivity contribution in [3.05, 3.63) is 100 Å². The fourth-order valence-corrected chi connectivity index (χ4v) is 3.66. The molecule has 29 heavy (non-hydrogen) atoms. The van der Waals surface area contributed by atoms with Gasteiger partial charge in [-0.3, -0.25) is 0 Å². The number of benzene rings is 3. The van der Waals surface area contributed by atoms with E-state index in [0.717, 1.165) is 34.0 Å². The number of oxime groups is 1. The maximum atomic E-state index is 6.04. The Bertz CT molecular complexity index is 979. The van der Waals surface area contributed by atoms with Crippen molar-refractivity contribution in [2.24, 2.45) is 11.1 Å². The van der Waals surface area contributed by atoms with Gasteiger partial charge in [0.25, 0.3) is 0 Å². The molecule has 4 rings (SSSR count). The van der Waals surface area contributed by atoms with Gasteiger partial charge in [-0.25, -0.2) is 0 Å². The van der Waals surface area contributed by atoms with Gasteiger partial charge in [-0.15, -0.1) is 0 Å². The van der Waals surface area contributed by atoms with Crippen molar-refractivity contribution < 1.29 is 9.57 Å². The maximum absolute atomic E-state index is 6.04. The van der Waals surface area contributed by atoms with E-state index in [2.05, 4.69) is 48.5 Å². The quantitative estimate of drug-likeness (QED) is 0.337. The molecule has 3 aromatic rings. The highest BCUT2D eigenvalue weighted by molar-refractivity contribution is 6.30. The highest BCUT2D eigenvalue weighted by Crippen LogP contribution is 2.49. The van der Waals surface area contributed by atoms with Gasteiger partial charge in [0.15, 0.2) is 0 Å². The second-order valence-corrected chi connectivity index (χ2v) is 7.90. The third kappa shape index (κ3) is 4.80. The molecule has 0 amide bonds. The number of hydrogen-bond donors (Lipinski definition) is 0. The van der Waals surface area contributed by atoms with Crippen LogP contribution in [-0.4, -0.2) is 12.8 Å². The second-order valence-electron chi connectivity index (χ2n) is 7.46. The van der Waals surface area contributed by atoms with Gasteiger partial charge in [-0.1, -0.05) is 58.7 Å². The van der Waals surface area contributed by atoms with E-state index < -0.39 is 0 Å². The molecule has 0 radical (unpaired) electrons. The normalized spacial score (nSPS) is 18.4. The van der Waals surface area contributed by atoms with Crippen molar-refractivity contribution in [1.82, 2.24) is 0 Å². The SMILES string of the molecule is COc1ccc(/C(=N/OCc2ccc(C)cc2)[C@@H]2C[C@H]2c2ccc(Cl)cc2)cc1. The number of ether oxygens (including phenoxy) is 1. The van der Waals surface area contributed by atoms with Crippen LogP contribution >= 0.6 is 11.6 Å². The Morgan fingerprint density at radius 1 is 0.966 bits per heavy atom. The summed E-state index contributed by atoms with van der Waals surface area (Å²) in [4.78, 5) is 5.77. The summed E-state index contributed by atoms with van der Waals surface area (Å²) in [5.41, 5.74) is 5.69. The van der Waals surface area contributed by atoms with Crippen molar-refractivity contribution >= 4 is 17.3 Å². The molecule has 0 unspecified atom stereocenters. The molecule has 1 saturated carbocycles. The van der Waals surface area contributed by atoms with Gasteiger partial charge < -0.3 is 9.57 Å². The molecule has 1 fully saturated rings. The molecule has 148 valence electrons. The minimum Gasteiger partial charge on any atom is -0.497 e. The molecule has 2 atom stereocenters. The summed E-state index contributed by atoms with van der Waals surface area (Å²) in [7, 11) is 1.67. The highest BCUT2D eigenvalue weighted by atomic mass is 35.5. The van der Waals surface area contributed by atoms with Crippen molar-refractivity contribution in [2.45, 2.75) is 25.9 Å². The first-order chi connectivity index (χ1) is 14.1. The zero-order valence-corrected chi connectivity index (χ0v) is 17.4. The van der Waals surface area contributed by atoms with Crippen molar-refractivity contribution in [3.8, 4) is 5.75 Å². The summed E-state index contributed by atoms with van der Waals surface area (Å²) in [5, 5.41) is 5.33. The predicted octanol–water partition coefficient (Wildman–Crippen LogP) is 6.38. The van der Waals surface area contributed by atoms with E-state index in [-0.39, 0.29) is 0 Å². The minimum absolute atomic E-state index is 0.336. The summed E-state index contributed by atoms with van der Waals surface area (Å²) in [6.45, 7) is 2.53. The molecule has 0 saturated heterocycles. The van der Waals surface area contributed by atoms with Crippen LogP contribution in [0.2, 0.25) is 5.02 Å². The fraction of sp³-hybridized carbons (Fsp3) is 0.240. The third-order valence-corrected chi connectivity index (χ3v) is 5.59. The Kier molecular flexibility index (Phi) is 5.86. The topological polar surface area (TPSA) is 30.8 Å². The lowest BCUT2D eigenvalue weighted by Crippen LogP contribution is -2.07. The van der Waals surface area contributed by atoms with Gasteiger partial charge in [0.2, 0.25) is 0 Å². The number of hydrogen-bond acceptors (Lipinski definition) is 3. The van der Waals surface area contributed by atoms with Gasteiger partial charge in [-0.2, -0.15) is 0 Å². The van der Waals surface area contributed by atoms with Crippen LogP contribution in [0.15, 0.2) is 78.0 Å². The zero-order chi connectivity index (χ0) is 20.2. The maximum Gasteiger partial charge on any atom is 0.142 e. The molecule has 4 heteroatoms. The lowest BCUT2D eigenvalue weighted by atomic mass is 10.0. The predicted molar refractivity (Wildman–Crippen MR) is 118 cm³/mol. The van der Waals surface area contributed by atoms with E-state index in [1.807, 2.05) is 36.4 Å². The Morgan fingerprint density at radius 2 is 1.66 bits per heavy atom. The van der Waals surface area contributed by atoms with Crippen LogP contribution in [0.5, 0.6) is 5.75 Å². The number of halogens is 1. The van der Waals surface area contributed by atoms with E-state index in [1.165, 1.54) is 11.1 Å². The van der Waals surface area contributed by atoms with Crippen molar-refractivity contribution in [1.29, 1.82) is 0 Å². The molecule has 1 aliphatic carbocycles. The molecule has 0 heterocycles. The van der Waals surface area contributed by atoms with Gasteiger partial charge >= 0.3 is 0 Å². The third-order valence-electron chi connectivity index (χ3n) is 5.34. The van der Waals surface area contributed by atoms with E-state index in [1.54, 1.807) is 7.11 Å². The molecular weight excluding hydrogens is 382 g/mol. The summed E-state index contributed by atoms with van der Waals surface area (Å²) in [5.74, 6) is 1.61. The van der Waals surface area contributed by atoms with Gasteiger partial charge in [0, 0.05) is 10.9 Å². The summed E-state index contributed by atoms with van der Waals surface area (Å²) >= 11 is 6.04. The number of aryl methyl sites for hydroxylation is 1. The highest BCUT2D eigenvalue weighted by Gasteiger charge is 2.43. The monoisotopic (exact) mass is 405 g/mol. The molecule has 1 aliphatic rings. The molecule has 0 aliphatic heterocycles. The summed E-state index contributed by atoms with van der Waals surface area (Å²) in [6.07, 6.45) is 1.06. The average Bonchev–Trinajstić information content (AvgIpc) is 3.54. The lowest BCUT2D eigenvalue weighted by Gasteiger charge is -2.09. The first-order valence-electron chi connectivity index (χ1n) is 9.79. The first-order valence-corrected chi connectivity index (χ1v) is 10.2. The van der Waals surface area contributed by atoms with Crippen molar-refractivity contribution in [2.75, 3.05) is 7.11 Å². The fourth-order valence-electron chi connectivity index (χ4n) is 3.53. The van der Waals surface area contributed by atoms with Gasteiger partial charge in [-0.05, 0) is 72.4 Å². The van der Waals surface area contributed by atoms with Gasteiger partial charge in [0.05, 0.1) is 12.8 Å². The van der Waals surface area contributed by atoms with Crippen LogP contribution in [0.4, 0.5) is 0 Å². The van der Waals surface area contributed by atoms with E-state index in [4.69, 9.17) is 21.2 Å². The van der Waals surface area contributed by atoms with E-state index >= 15 is 0 Å². The summed E-state index contributed by atoms with van der Waals surface area (Å²) in [6, 6.07) is 24.4. The first kappa shape index (κ1) is 19.5. The van der Waals surface area contributed by atoms with E-state index in [9.17, 15) is 0 Å². The largest absolute Gasteiger partial charge is 0.497 e. The van der Waals surface area contributed by atoms with Crippen LogP contribution in [-0.2, 0) is 11.4 Å². The number of rotatable bonds is 7. The van der Waals surface area contributed by atoms with E-state index in [0.29, 0.717) is 18.4 Å². The molecule has 3 nitrogen and oxygen atoms in total. The van der Waals surface area contributed by atoms with Crippen LogP contribution in [0.1, 0.15) is 34.6 Å². The molecular formula is C25H24ClNO2. The van der Waals surface area contributed by atoms with Crippen LogP contribution in [0, 0.1) is 12.8 Å². The van der Waals surface area contributed by atoms with Gasteiger partial charge in [0.1, 0.15) is 12.4 Å². The van der Waals surface area contributed by atoms with Crippen LogP contribution < -0.4 is 4.74 Å². The van der Waals surface area contributed by atoms with Crippen molar-refractivity contribution in [3.63, 3.8) is 0 Å². The smallest absolute Gasteiger partial charge is 0.142 e. The summed E-state index contributed by atoms with van der Waals surface area (Å²) < 4.78 is 5.29. The zero-order valence-electron chi connectivity index (χ0n) is 16.6. The Morgan fingerprint density at radius 3 is 2.31 bits per heavy atom. The molecule has 0 spiro atoms. The second kappa shape index (κ2) is 8.71. The number of methoxy groups -OCH3 is 1.